The van der Waals surface area contributed by atoms with Gasteiger partial charge < -0.3 is 9.47 Å². The van der Waals surface area contributed by atoms with Gasteiger partial charge in [0.2, 0.25) is 5.78 Å². The molecule has 0 radical (unpaired) electrons. The zero-order chi connectivity index (χ0) is 18.8. The maximum atomic E-state index is 13.2. The summed E-state index contributed by atoms with van der Waals surface area (Å²) in [6, 6.07) is 10.2. The normalized spacial score (nSPS) is 15.1. The van der Waals surface area contributed by atoms with Crippen molar-refractivity contribution in [2.45, 2.75) is 23.5 Å². The van der Waals surface area contributed by atoms with Crippen LogP contribution in [-0.4, -0.2) is 34.4 Å². The summed E-state index contributed by atoms with van der Waals surface area (Å²) in [5.41, 5.74) is 1.35. The molecule has 0 N–H and O–H groups in total. The number of halogens is 2. The van der Waals surface area contributed by atoms with Crippen LogP contribution in [0.4, 0.5) is 0 Å². The third kappa shape index (κ3) is 3.71. The van der Waals surface area contributed by atoms with E-state index in [2.05, 4.69) is 31.9 Å². The van der Waals surface area contributed by atoms with Crippen molar-refractivity contribution in [2.75, 3.05) is 13.2 Å². The van der Waals surface area contributed by atoms with E-state index in [1.54, 1.807) is 36.4 Å². The van der Waals surface area contributed by atoms with Crippen LogP contribution in [-0.2, 0) is 0 Å². The van der Waals surface area contributed by atoms with Gasteiger partial charge in [0.05, 0.1) is 11.1 Å². The Bertz CT molecular complexity index is 791. The number of alkyl halides is 2. The minimum atomic E-state index is -0.245. The first-order valence-corrected chi connectivity index (χ1v) is 10.1. The van der Waals surface area contributed by atoms with Crippen LogP contribution in [0.3, 0.4) is 0 Å². The number of ketones is 2. The molecule has 1 aliphatic rings. The summed E-state index contributed by atoms with van der Waals surface area (Å²) in [6.45, 7) is 4.68. The van der Waals surface area contributed by atoms with Gasteiger partial charge in [-0.25, -0.2) is 0 Å². The van der Waals surface area contributed by atoms with Crippen LogP contribution in [0.15, 0.2) is 36.4 Å². The van der Waals surface area contributed by atoms with E-state index < -0.39 is 0 Å². The molecule has 6 heteroatoms. The third-order valence-corrected chi connectivity index (χ3v) is 4.46. The average Bonchev–Trinajstić information content (AvgIpc) is 2.62. The van der Waals surface area contributed by atoms with Crippen LogP contribution in [0.1, 0.15) is 45.7 Å². The van der Waals surface area contributed by atoms with Crippen molar-refractivity contribution in [2.24, 2.45) is 0 Å². The third-order valence-electron chi connectivity index (χ3n) is 3.93. The summed E-state index contributed by atoms with van der Waals surface area (Å²) < 4.78 is 11.5. The van der Waals surface area contributed by atoms with Crippen LogP contribution >= 0.6 is 31.9 Å². The van der Waals surface area contributed by atoms with Crippen molar-refractivity contribution in [3.05, 3.63) is 58.7 Å². The van der Waals surface area contributed by atoms with E-state index in [0.717, 1.165) is 0 Å². The van der Waals surface area contributed by atoms with Crippen LogP contribution in [0.2, 0.25) is 0 Å². The Hall–Kier alpha value is -1.66. The Morgan fingerprint density at radius 3 is 1.58 bits per heavy atom. The molecule has 0 saturated carbocycles. The first-order valence-electron chi connectivity index (χ1n) is 8.29. The summed E-state index contributed by atoms with van der Waals surface area (Å²) in [5, 5.41) is 0. The summed E-state index contributed by atoms with van der Waals surface area (Å²) in [6.07, 6.45) is 0. The van der Waals surface area contributed by atoms with Crippen LogP contribution in [0.25, 0.3) is 0 Å². The van der Waals surface area contributed by atoms with E-state index in [1.165, 1.54) is 0 Å². The van der Waals surface area contributed by atoms with Crippen molar-refractivity contribution < 1.29 is 19.1 Å². The number of hydrogen-bond donors (Lipinski definition) is 0. The summed E-state index contributed by atoms with van der Waals surface area (Å²) in [7, 11) is 0. The fourth-order valence-corrected chi connectivity index (χ4v) is 3.09. The number of ether oxygens (including phenoxy) is 2. The van der Waals surface area contributed by atoms with E-state index >= 15 is 0 Å². The fraction of sp³-hybridized carbons (Fsp3) is 0.300. The number of carbonyl (C=O) groups excluding carboxylic acids is 2. The molecule has 136 valence electrons. The molecule has 4 nitrogen and oxygen atoms in total. The zero-order valence-corrected chi connectivity index (χ0v) is 17.6. The van der Waals surface area contributed by atoms with Gasteiger partial charge in [-0.15, -0.1) is 0 Å². The Kier molecular flexibility index (Phi) is 5.82. The molecule has 2 unspecified atom stereocenters. The highest BCUT2D eigenvalue weighted by atomic mass is 79.9. The van der Waals surface area contributed by atoms with Gasteiger partial charge in [-0.1, -0.05) is 56.1 Å². The van der Waals surface area contributed by atoms with Gasteiger partial charge in [0, 0.05) is 20.8 Å². The molecule has 2 atom stereocenters. The van der Waals surface area contributed by atoms with E-state index in [1.807, 2.05) is 13.8 Å². The van der Waals surface area contributed by atoms with Crippen LogP contribution in [0, 0.1) is 0 Å². The van der Waals surface area contributed by atoms with E-state index in [9.17, 15) is 9.59 Å². The Balaban J connectivity index is 2.08. The lowest BCUT2D eigenvalue weighted by Gasteiger charge is -2.22. The minimum absolute atomic E-state index is 0.124. The maximum Gasteiger partial charge on any atom is 0.201 e. The SMILES string of the molecule is CC(Br)COc1cccc2c1C(=O)c1c(OCC(C)Br)cccc1C2=O. The van der Waals surface area contributed by atoms with E-state index in [0.29, 0.717) is 47.0 Å². The van der Waals surface area contributed by atoms with Gasteiger partial charge in [-0.3, -0.25) is 9.59 Å². The number of rotatable bonds is 6. The second-order valence-electron chi connectivity index (χ2n) is 6.20. The lowest BCUT2D eigenvalue weighted by Crippen LogP contribution is -2.24. The quantitative estimate of drug-likeness (QED) is 0.475. The van der Waals surface area contributed by atoms with Gasteiger partial charge in [0.1, 0.15) is 24.7 Å². The summed E-state index contributed by atoms with van der Waals surface area (Å²) in [4.78, 5) is 26.5. The Morgan fingerprint density at radius 2 is 1.19 bits per heavy atom. The molecule has 2 aromatic carbocycles. The molecular weight excluding hydrogens is 464 g/mol. The molecule has 0 spiro atoms. The maximum absolute atomic E-state index is 13.2. The van der Waals surface area contributed by atoms with Crippen LogP contribution < -0.4 is 9.47 Å². The molecule has 26 heavy (non-hydrogen) atoms. The number of carbonyl (C=O) groups is 2. The highest BCUT2D eigenvalue weighted by Crippen LogP contribution is 2.37. The van der Waals surface area contributed by atoms with Crippen LogP contribution in [0.5, 0.6) is 11.5 Å². The van der Waals surface area contributed by atoms with Gasteiger partial charge in [-0.05, 0) is 26.0 Å². The van der Waals surface area contributed by atoms with Gasteiger partial charge in [0.15, 0.2) is 5.78 Å². The molecule has 0 aliphatic heterocycles. The molecule has 3 rings (SSSR count). The van der Waals surface area contributed by atoms with Crippen molar-refractivity contribution in [3.63, 3.8) is 0 Å². The first-order chi connectivity index (χ1) is 12.4. The van der Waals surface area contributed by atoms with Crippen molar-refractivity contribution >= 4 is 43.4 Å². The van der Waals surface area contributed by atoms with Gasteiger partial charge in [0.25, 0.3) is 0 Å². The molecule has 0 amide bonds. The molecule has 0 aromatic heterocycles. The van der Waals surface area contributed by atoms with E-state index in [-0.39, 0.29) is 21.2 Å². The van der Waals surface area contributed by atoms with Gasteiger partial charge >= 0.3 is 0 Å². The molecule has 2 aromatic rings. The summed E-state index contributed by atoms with van der Waals surface area (Å²) in [5.74, 6) is 0.400. The lowest BCUT2D eigenvalue weighted by atomic mass is 9.83. The fourth-order valence-electron chi connectivity index (χ4n) is 2.83. The van der Waals surface area contributed by atoms with Crippen molar-refractivity contribution in [1.29, 1.82) is 0 Å². The number of fused-ring (bicyclic) bond motifs is 2. The lowest BCUT2D eigenvalue weighted by molar-refractivity contribution is 0.0972. The highest BCUT2D eigenvalue weighted by Gasteiger charge is 2.34. The second kappa shape index (κ2) is 7.92. The monoisotopic (exact) mass is 480 g/mol. The largest absolute Gasteiger partial charge is 0.492 e. The topological polar surface area (TPSA) is 52.6 Å². The molecule has 0 heterocycles. The number of benzene rings is 2. The predicted molar refractivity (Wildman–Crippen MR) is 108 cm³/mol. The zero-order valence-electron chi connectivity index (χ0n) is 14.4. The van der Waals surface area contributed by atoms with E-state index in [4.69, 9.17) is 9.47 Å². The second-order valence-corrected chi connectivity index (χ2v) is 9.33. The Labute approximate surface area is 169 Å². The Morgan fingerprint density at radius 1 is 0.769 bits per heavy atom. The van der Waals surface area contributed by atoms with Crippen molar-refractivity contribution in [3.8, 4) is 11.5 Å². The summed E-state index contributed by atoms with van der Waals surface area (Å²) >= 11 is 6.85. The molecule has 1 aliphatic carbocycles. The molecule has 0 bridgehead atoms. The average molecular weight is 482 g/mol. The van der Waals surface area contributed by atoms with Crippen molar-refractivity contribution in [1.82, 2.24) is 0 Å². The standard InChI is InChI=1S/C20H18Br2O4/c1-11(21)9-25-15-7-3-5-13-17(15)20(24)18-14(19(13)23)6-4-8-16(18)26-10-12(2)22/h3-8,11-12H,9-10H2,1-2H3. The highest BCUT2D eigenvalue weighted by molar-refractivity contribution is 9.09. The molecule has 0 saturated heterocycles. The van der Waals surface area contributed by atoms with Gasteiger partial charge in [-0.2, -0.15) is 0 Å². The smallest absolute Gasteiger partial charge is 0.201 e. The molecule has 0 fully saturated rings. The first kappa shape index (κ1) is 19.1. The molecular formula is C20H18Br2O4. The predicted octanol–water partition coefficient (Wildman–Crippen LogP) is 4.79. The minimum Gasteiger partial charge on any atom is -0.492 e. The number of hydrogen-bond acceptors (Lipinski definition) is 4.